The van der Waals surface area contributed by atoms with Gasteiger partial charge in [-0.15, -0.1) is 0 Å². The molecule has 2 aliphatic heterocycles. The maximum atomic E-state index is 13.4. The van der Waals surface area contributed by atoms with Gasteiger partial charge in [0, 0.05) is 49.2 Å². The number of hydrogen-bond acceptors (Lipinski definition) is 5. The lowest BCUT2D eigenvalue weighted by Gasteiger charge is -2.38. The molecule has 0 aliphatic carbocycles. The van der Waals surface area contributed by atoms with Crippen LogP contribution >= 0.6 is 0 Å². The fraction of sp³-hybridized carbons (Fsp3) is 0.417. The maximum absolute atomic E-state index is 13.4. The largest absolute Gasteiger partial charge is 0.386 e. The second-order valence-electron chi connectivity index (χ2n) is 8.54. The van der Waals surface area contributed by atoms with Crippen LogP contribution in [0, 0.1) is 5.82 Å². The molecule has 0 saturated carbocycles. The quantitative estimate of drug-likeness (QED) is 0.571. The molecule has 0 bridgehead atoms. The summed E-state index contributed by atoms with van der Waals surface area (Å²) in [5.41, 5.74) is 5.42. The smallest absolute Gasteiger partial charge is 0.139 e. The van der Waals surface area contributed by atoms with Crippen molar-refractivity contribution in [3.05, 3.63) is 53.5 Å². The van der Waals surface area contributed by atoms with Crippen LogP contribution in [-0.2, 0) is 11.2 Å². The number of aromatic amines is 1. The number of hydrogen-bond donors (Lipinski definition) is 2. The van der Waals surface area contributed by atoms with E-state index in [9.17, 15) is 9.18 Å². The van der Waals surface area contributed by atoms with Gasteiger partial charge < -0.3 is 19.9 Å². The molecule has 2 N–H and O–H groups in total. The number of H-pyrrole nitrogens is 1. The van der Waals surface area contributed by atoms with Crippen molar-refractivity contribution in [2.24, 2.45) is 0 Å². The van der Waals surface area contributed by atoms with Crippen LogP contribution < -0.4 is 10.2 Å². The molecular formula is C24H28FN5O. The molecule has 1 fully saturated rings. The predicted octanol–water partition coefficient (Wildman–Crippen LogP) is 3.55. The summed E-state index contributed by atoms with van der Waals surface area (Å²) in [5, 5.41) is 11.6. The first-order valence-electron chi connectivity index (χ1n) is 11.1. The molecule has 3 aromatic rings. The third kappa shape index (κ3) is 3.57. The second-order valence-corrected chi connectivity index (χ2v) is 8.54. The highest BCUT2D eigenvalue weighted by atomic mass is 19.1. The van der Waals surface area contributed by atoms with E-state index in [1.54, 1.807) is 0 Å². The van der Waals surface area contributed by atoms with E-state index in [2.05, 4.69) is 43.5 Å². The number of carbonyl (C=O) groups is 1. The topological polar surface area (TPSA) is 64.3 Å². The number of nitrogens with zero attached hydrogens (tertiary/aromatic N) is 3. The lowest BCUT2D eigenvalue weighted by Crippen LogP contribution is -2.47. The van der Waals surface area contributed by atoms with Gasteiger partial charge in [0.25, 0.3) is 0 Å². The zero-order chi connectivity index (χ0) is 21.4. The highest BCUT2D eigenvalue weighted by Crippen LogP contribution is 2.47. The molecule has 0 amide bonds. The van der Waals surface area contributed by atoms with Gasteiger partial charge >= 0.3 is 0 Å². The number of para-hydroxylation sites is 1. The van der Waals surface area contributed by atoms with Crippen molar-refractivity contribution < 1.29 is 9.18 Å². The summed E-state index contributed by atoms with van der Waals surface area (Å²) in [4.78, 5) is 16.2. The number of rotatable bonds is 7. The summed E-state index contributed by atoms with van der Waals surface area (Å²) < 4.78 is 13.4. The van der Waals surface area contributed by atoms with E-state index in [1.807, 2.05) is 13.1 Å². The first kappa shape index (κ1) is 20.0. The van der Waals surface area contributed by atoms with Crippen molar-refractivity contribution in [3.8, 4) is 0 Å². The summed E-state index contributed by atoms with van der Waals surface area (Å²) in [7, 11) is 1.94. The number of aldehydes is 1. The van der Waals surface area contributed by atoms with E-state index < -0.39 is 0 Å². The van der Waals surface area contributed by atoms with Crippen molar-refractivity contribution in [2.75, 3.05) is 43.4 Å². The van der Waals surface area contributed by atoms with Crippen LogP contribution in [0.5, 0.6) is 0 Å². The van der Waals surface area contributed by atoms with Crippen LogP contribution in [-0.4, -0.2) is 60.7 Å². The average Bonchev–Trinajstić information content (AvgIpc) is 3.32. The molecule has 5 rings (SSSR count). The Morgan fingerprint density at radius 3 is 3.06 bits per heavy atom. The number of aromatic nitrogens is 2. The number of piperidine rings is 1. The van der Waals surface area contributed by atoms with Gasteiger partial charge in [0.1, 0.15) is 12.1 Å². The van der Waals surface area contributed by atoms with E-state index in [0.29, 0.717) is 24.0 Å². The maximum Gasteiger partial charge on any atom is 0.139 e. The Morgan fingerprint density at radius 2 is 2.23 bits per heavy atom. The fourth-order valence-corrected chi connectivity index (χ4v) is 5.46. The number of anilines is 2. The third-order valence-corrected chi connectivity index (χ3v) is 6.85. The molecular weight excluding hydrogens is 393 g/mol. The van der Waals surface area contributed by atoms with Gasteiger partial charge in [-0.1, -0.05) is 12.1 Å². The number of likely N-dealkylation sites (tertiary alicyclic amines) is 1. The van der Waals surface area contributed by atoms with Gasteiger partial charge in [-0.25, -0.2) is 4.39 Å². The molecule has 1 saturated heterocycles. The number of aryl methyl sites for hydroxylation is 1. The van der Waals surface area contributed by atoms with Crippen LogP contribution in [0.1, 0.15) is 30.0 Å². The second kappa shape index (κ2) is 8.30. The number of carbonyl (C=O) groups excluding carboxylic acids is 1. The zero-order valence-electron chi connectivity index (χ0n) is 17.8. The van der Waals surface area contributed by atoms with Crippen molar-refractivity contribution in [3.63, 3.8) is 0 Å². The molecule has 2 unspecified atom stereocenters. The summed E-state index contributed by atoms with van der Waals surface area (Å²) >= 11 is 0. The molecule has 6 nitrogen and oxygen atoms in total. The molecule has 31 heavy (non-hydrogen) atoms. The van der Waals surface area contributed by atoms with Crippen LogP contribution in [0.4, 0.5) is 15.8 Å². The van der Waals surface area contributed by atoms with Crippen molar-refractivity contribution in [1.29, 1.82) is 0 Å². The Balaban J connectivity index is 1.27. The minimum absolute atomic E-state index is 0.254. The van der Waals surface area contributed by atoms with Gasteiger partial charge in [0.2, 0.25) is 0 Å². The Hall–Kier alpha value is -2.93. The number of fused-ring (bicyclic) bond motifs is 4. The molecule has 2 atom stereocenters. The standard InChI is InChI=1S/C24H28FN5O/c1-26-21-5-2-4-17-19-15-29(11-9-23(19)30(12-13-31)24(17)21)10-3-6-20-18-8-7-16(25)14-22(18)28-27-20/h2,4-5,7-8,13-14,19,23,26H,3,6,9-12,15H2,1H3,(H,27,28). The van der Waals surface area contributed by atoms with Crippen molar-refractivity contribution in [1.82, 2.24) is 15.1 Å². The Bertz CT molecular complexity index is 1100. The molecule has 7 heteroatoms. The van der Waals surface area contributed by atoms with Crippen LogP contribution in [0.15, 0.2) is 36.4 Å². The zero-order valence-corrected chi connectivity index (χ0v) is 17.8. The average molecular weight is 422 g/mol. The summed E-state index contributed by atoms with van der Waals surface area (Å²) in [6, 6.07) is 11.6. The Kier molecular flexibility index (Phi) is 5.36. The molecule has 1 aromatic heterocycles. The van der Waals surface area contributed by atoms with Gasteiger partial charge in [-0.2, -0.15) is 5.10 Å². The Morgan fingerprint density at radius 1 is 1.32 bits per heavy atom. The monoisotopic (exact) mass is 421 g/mol. The van der Waals surface area contributed by atoms with Crippen LogP contribution in [0.3, 0.4) is 0 Å². The first-order chi connectivity index (χ1) is 15.2. The lowest BCUT2D eigenvalue weighted by molar-refractivity contribution is -0.106. The molecule has 0 radical (unpaired) electrons. The molecule has 0 spiro atoms. The fourth-order valence-electron chi connectivity index (χ4n) is 5.46. The number of halogens is 1. The van der Waals surface area contributed by atoms with E-state index in [-0.39, 0.29) is 5.82 Å². The molecule has 3 heterocycles. The minimum atomic E-state index is -0.254. The van der Waals surface area contributed by atoms with Crippen molar-refractivity contribution in [2.45, 2.75) is 31.2 Å². The van der Waals surface area contributed by atoms with E-state index in [4.69, 9.17) is 0 Å². The van der Waals surface area contributed by atoms with Crippen LogP contribution in [0.2, 0.25) is 0 Å². The third-order valence-electron chi connectivity index (χ3n) is 6.85. The normalized spacial score (nSPS) is 20.6. The van der Waals surface area contributed by atoms with Crippen molar-refractivity contribution >= 4 is 28.6 Å². The van der Waals surface area contributed by atoms with Gasteiger partial charge in [-0.3, -0.25) is 5.10 Å². The first-order valence-corrected chi connectivity index (χ1v) is 11.1. The molecule has 2 aromatic carbocycles. The van der Waals surface area contributed by atoms with E-state index in [0.717, 1.165) is 62.0 Å². The highest BCUT2D eigenvalue weighted by Gasteiger charge is 2.42. The van der Waals surface area contributed by atoms with Gasteiger partial charge in [0.15, 0.2) is 0 Å². The van der Waals surface area contributed by atoms with Gasteiger partial charge in [0.05, 0.1) is 23.4 Å². The number of benzene rings is 2. The summed E-state index contributed by atoms with van der Waals surface area (Å²) in [6.45, 7) is 3.50. The van der Waals surface area contributed by atoms with E-state index in [1.165, 1.54) is 23.4 Å². The van der Waals surface area contributed by atoms with E-state index >= 15 is 0 Å². The molecule has 2 aliphatic rings. The van der Waals surface area contributed by atoms with Gasteiger partial charge in [-0.05, 0) is 49.6 Å². The van der Waals surface area contributed by atoms with Crippen LogP contribution in [0.25, 0.3) is 10.9 Å². The summed E-state index contributed by atoms with van der Waals surface area (Å²) in [5.74, 6) is 0.170. The minimum Gasteiger partial charge on any atom is -0.386 e. The highest BCUT2D eigenvalue weighted by molar-refractivity contribution is 5.81. The molecule has 162 valence electrons. The number of nitrogens with one attached hydrogen (secondary N) is 2. The predicted molar refractivity (Wildman–Crippen MR) is 121 cm³/mol. The lowest BCUT2D eigenvalue weighted by atomic mass is 9.89. The summed E-state index contributed by atoms with van der Waals surface area (Å²) in [6.07, 6.45) is 3.99. The SMILES string of the molecule is CNc1cccc2c1N(CC=O)C1CCN(CCCc3[nH]nc4cc(F)ccc34)CC21. The Labute approximate surface area is 181 Å².